The monoisotopic (exact) mass is 320 g/mol. The van der Waals surface area contributed by atoms with Crippen LogP contribution in [0.3, 0.4) is 0 Å². The molecule has 0 aliphatic heterocycles. The fourth-order valence-electron chi connectivity index (χ4n) is 3.02. The summed E-state index contributed by atoms with van der Waals surface area (Å²) >= 11 is 0. The molecule has 0 bridgehead atoms. The number of carbonyl (C=O) groups excluding carboxylic acids is 1. The van der Waals surface area contributed by atoms with Crippen LogP contribution in [0.15, 0.2) is 30.3 Å². The Morgan fingerprint density at radius 2 is 1.96 bits per heavy atom. The minimum absolute atomic E-state index is 0.0512. The summed E-state index contributed by atoms with van der Waals surface area (Å²) in [6.45, 7) is 7.62. The fourth-order valence-corrected chi connectivity index (χ4v) is 3.02. The van der Waals surface area contributed by atoms with Gasteiger partial charge < -0.3 is 20.5 Å². The third kappa shape index (κ3) is 4.69. The van der Waals surface area contributed by atoms with Crippen LogP contribution in [0, 0.1) is 0 Å². The maximum Gasteiger partial charge on any atom is 0.408 e. The summed E-state index contributed by atoms with van der Waals surface area (Å²) in [5, 5.41) is 15.6. The van der Waals surface area contributed by atoms with Crippen LogP contribution in [0.2, 0.25) is 0 Å². The van der Waals surface area contributed by atoms with Gasteiger partial charge in [0.2, 0.25) is 0 Å². The van der Waals surface area contributed by atoms with Gasteiger partial charge in [-0.1, -0.05) is 30.3 Å². The standard InChI is InChI=1S/C18H28N2O3/c1-13(12-21)19-15-10-18(11-15,14-8-6-5-7-9-14)20-16(22)23-17(2,3)4/h5-9,13,15,19,21H,10-12H2,1-4H3,(H,20,22). The molecule has 1 aliphatic carbocycles. The molecule has 5 heteroatoms. The number of ether oxygens (including phenoxy) is 1. The zero-order valence-electron chi connectivity index (χ0n) is 14.4. The van der Waals surface area contributed by atoms with Crippen LogP contribution in [0.5, 0.6) is 0 Å². The van der Waals surface area contributed by atoms with E-state index in [4.69, 9.17) is 4.74 Å². The van der Waals surface area contributed by atoms with Crippen molar-refractivity contribution in [2.24, 2.45) is 0 Å². The summed E-state index contributed by atoms with van der Waals surface area (Å²) in [7, 11) is 0. The Hall–Kier alpha value is -1.59. The maximum absolute atomic E-state index is 12.2. The van der Waals surface area contributed by atoms with Crippen molar-refractivity contribution < 1.29 is 14.6 Å². The molecule has 0 saturated heterocycles. The molecule has 23 heavy (non-hydrogen) atoms. The number of benzene rings is 1. The first-order chi connectivity index (χ1) is 10.7. The molecule has 1 aliphatic rings. The van der Waals surface area contributed by atoms with Crippen molar-refractivity contribution in [3.63, 3.8) is 0 Å². The van der Waals surface area contributed by atoms with Gasteiger partial charge in [0.1, 0.15) is 5.60 Å². The normalized spacial score (nSPS) is 25.3. The topological polar surface area (TPSA) is 70.6 Å². The van der Waals surface area contributed by atoms with E-state index in [9.17, 15) is 9.90 Å². The van der Waals surface area contributed by atoms with Gasteiger partial charge in [-0.05, 0) is 46.1 Å². The van der Waals surface area contributed by atoms with Gasteiger partial charge in [0, 0.05) is 12.1 Å². The van der Waals surface area contributed by atoms with E-state index >= 15 is 0 Å². The highest BCUT2D eigenvalue weighted by Crippen LogP contribution is 2.42. The second-order valence-corrected chi connectivity index (χ2v) is 7.43. The van der Waals surface area contributed by atoms with Gasteiger partial charge >= 0.3 is 6.09 Å². The van der Waals surface area contributed by atoms with E-state index < -0.39 is 17.2 Å². The Balaban J connectivity index is 2.08. The third-order valence-corrected chi connectivity index (χ3v) is 4.05. The number of hydrogen-bond donors (Lipinski definition) is 3. The zero-order valence-corrected chi connectivity index (χ0v) is 14.4. The number of carbonyl (C=O) groups is 1. The van der Waals surface area contributed by atoms with E-state index in [1.54, 1.807) is 0 Å². The minimum Gasteiger partial charge on any atom is -0.444 e. The average Bonchev–Trinajstić information content (AvgIpc) is 2.43. The van der Waals surface area contributed by atoms with Crippen LogP contribution >= 0.6 is 0 Å². The van der Waals surface area contributed by atoms with Crippen molar-refractivity contribution in [2.75, 3.05) is 6.61 Å². The Morgan fingerprint density at radius 3 is 2.48 bits per heavy atom. The number of aliphatic hydroxyl groups excluding tert-OH is 1. The summed E-state index contributed by atoms with van der Waals surface area (Å²) in [4.78, 5) is 12.2. The van der Waals surface area contributed by atoms with Gasteiger partial charge in [0.05, 0.1) is 12.1 Å². The largest absolute Gasteiger partial charge is 0.444 e. The van der Waals surface area contributed by atoms with Gasteiger partial charge in [-0.3, -0.25) is 0 Å². The number of alkyl carbamates (subject to hydrolysis) is 1. The summed E-state index contributed by atoms with van der Waals surface area (Å²) < 4.78 is 5.42. The van der Waals surface area contributed by atoms with Crippen LogP contribution in [0.25, 0.3) is 0 Å². The van der Waals surface area contributed by atoms with E-state index in [0.717, 1.165) is 18.4 Å². The van der Waals surface area contributed by atoms with Gasteiger partial charge in [0.25, 0.3) is 0 Å². The van der Waals surface area contributed by atoms with Gasteiger partial charge in [0.15, 0.2) is 0 Å². The molecule has 0 spiro atoms. The smallest absolute Gasteiger partial charge is 0.408 e. The third-order valence-electron chi connectivity index (χ3n) is 4.05. The fraction of sp³-hybridized carbons (Fsp3) is 0.611. The lowest BCUT2D eigenvalue weighted by atomic mass is 9.68. The molecule has 0 aromatic heterocycles. The van der Waals surface area contributed by atoms with Gasteiger partial charge in [-0.15, -0.1) is 0 Å². The van der Waals surface area contributed by atoms with Crippen LogP contribution in [0.1, 0.15) is 46.1 Å². The molecule has 1 unspecified atom stereocenters. The van der Waals surface area contributed by atoms with Gasteiger partial charge in [-0.2, -0.15) is 0 Å². The Morgan fingerprint density at radius 1 is 1.35 bits per heavy atom. The van der Waals surface area contributed by atoms with Crippen LogP contribution in [0.4, 0.5) is 4.79 Å². The van der Waals surface area contributed by atoms with E-state index in [0.29, 0.717) is 0 Å². The number of rotatable bonds is 5. The van der Waals surface area contributed by atoms with E-state index in [1.165, 1.54) is 0 Å². The molecule has 1 saturated carbocycles. The van der Waals surface area contributed by atoms with Crippen molar-refractivity contribution >= 4 is 6.09 Å². The summed E-state index contributed by atoms with van der Waals surface area (Å²) in [5.74, 6) is 0. The molecule has 2 rings (SSSR count). The molecular formula is C18H28N2O3. The lowest BCUT2D eigenvalue weighted by Crippen LogP contribution is -2.62. The predicted octanol–water partition coefficient (Wildman–Crippen LogP) is 2.54. The van der Waals surface area contributed by atoms with Gasteiger partial charge in [-0.25, -0.2) is 4.79 Å². The van der Waals surface area contributed by atoms with E-state index in [1.807, 2.05) is 58.0 Å². The number of aliphatic hydroxyl groups is 1. The van der Waals surface area contributed by atoms with E-state index in [-0.39, 0.29) is 18.7 Å². The first kappa shape index (κ1) is 17.8. The summed E-state index contributed by atoms with van der Waals surface area (Å²) in [5.41, 5.74) is 0.158. The average molecular weight is 320 g/mol. The Bertz CT molecular complexity index is 519. The highest BCUT2D eigenvalue weighted by atomic mass is 16.6. The molecule has 1 aromatic rings. The number of amides is 1. The molecule has 5 nitrogen and oxygen atoms in total. The quantitative estimate of drug-likeness (QED) is 0.780. The lowest BCUT2D eigenvalue weighted by molar-refractivity contribution is 0.0310. The van der Waals surface area contributed by atoms with Crippen molar-refractivity contribution in [1.29, 1.82) is 0 Å². The highest BCUT2D eigenvalue weighted by Gasteiger charge is 2.47. The molecule has 0 radical (unpaired) electrons. The Kier molecular flexibility index (Phi) is 5.32. The van der Waals surface area contributed by atoms with Crippen molar-refractivity contribution in [3.05, 3.63) is 35.9 Å². The molecule has 0 heterocycles. The first-order valence-electron chi connectivity index (χ1n) is 8.18. The van der Waals surface area contributed by atoms with E-state index in [2.05, 4.69) is 10.6 Å². The SMILES string of the molecule is CC(CO)NC1CC(NC(=O)OC(C)(C)C)(c2ccccc2)C1. The lowest BCUT2D eigenvalue weighted by Gasteiger charge is -2.49. The van der Waals surface area contributed by atoms with Crippen molar-refractivity contribution in [1.82, 2.24) is 10.6 Å². The highest BCUT2D eigenvalue weighted by molar-refractivity contribution is 5.69. The van der Waals surface area contributed by atoms with Crippen LogP contribution in [-0.2, 0) is 10.3 Å². The second-order valence-electron chi connectivity index (χ2n) is 7.43. The predicted molar refractivity (Wildman–Crippen MR) is 90.2 cm³/mol. The molecule has 3 N–H and O–H groups in total. The zero-order chi connectivity index (χ0) is 17.1. The maximum atomic E-state index is 12.2. The first-order valence-corrected chi connectivity index (χ1v) is 8.18. The number of hydrogen-bond acceptors (Lipinski definition) is 4. The molecule has 1 fully saturated rings. The molecule has 128 valence electrons. The van der Waals surface area contributed by atoms with Crippen molar-refractivity contribution in [2.45, 2.75) is 63.8 Å². The molecule has 1 amide bonds. The van der Waals surface area contributed by atoms with Crippen LogP contribution in [-0.4, -0.2) is 35.5 Å². The summed E-state index contributed by atoms with van der Waals surface area (Å²) in [6.07, 6.45) is 1.16. The van der Waals surface area contributed by atoms with Crippen LogP contribution < -0.4 is 10.6 Å². The Labute approximate surface area is 138 Å². The minimum atomic E-state index is -0.519. The second kappa shape index (κ2) is 6.89. The number of nitrogens with one attached hydrogen (secondary N) is 2. The molecule has 1 aromatic carbocycles. The molecular weight excluding hydrogens is 292 g/mol. The summed E-state index contributed by atoms with van der Waals surface area (Å²) in [6, 6.07) is 10.3. The molecule has 1 atom stereocenters. The van der Waals surface area contributed by atoms with Crippen molar-refractivity contribution in [3.8, 4) is 0 Å².